The van der Waals surface area contributed by atoms with Gasteiger partial charge in [-0.3, -0.25) is 9.59 Å². The van der Waals surface area contributed by atoms with Gasteiger partial charge in [-0.2, -0.15) is 11.8 Å². The van der Waals surface area contributed by atoms with Crippen molar-refractivity contribution in [2.24, 2.45) is 0 Å². The predicted molar refractivity (Wildman–Crippen MR) is 127 cm³/mol. The van der Waals surface area contributed by atoms with Crippen LogP contribution in [0.3, 0.4) is 0 Å². The molecule has 0 unspecified atom stereocenters. The molecule has 8 heteroatoms. The predicted octanol–water partition coefficient (Wildman–Crippen LogP) is 4.08. The number of aromatic nitrogens is 2. The van der Waals surface area contributed by atoms with Gasteiger partial charge in [-0.05, 0) is 41.5 Å². The molecule has 0 spiro atoms. The summed E-state index contributed by atoms with van der Waals surface area (Å²) in [6.07, 6.45) is 4.17. The number of carbonyl (C=O) groups excluding carboxylic acids is 2. The number of hydrogen-bond acceptors (Lipinski definition) is 5. The summed E-state index contributed by atoms with van der Waals surface area (Å²) in [5.74, 6) is 1.90. The first-order valence-corrected chi connectivity index (χ1v) is 11.3. The molecule has 1 aliphatic rings. The lowest BCUT2D eigenvalue weighted by Gasteiger charge is -2.00. The first-order chi connectivity index (χ1) is 15.1. The number of halogens is 1. The van der Waals surface area contributed by atoms with E-state index in [0.717, 1.165) is 23.7 Å². The summed E-state index contributed by atoms with van der Waals surface area (Å²) in [6.45, 7) is 0.867. The van der Waals surface area contributed by atoms with Crippen molar-refractivity contribution in [2.45, 2.75) is 6.42 Å². The Labute approximate surface area is 191 Å². The van der Waals surface area contributed by atoms with Gasteiger partial charge in [0.05, 0.1) is 5.75 Å². The average Bonchev–Trinajstić information content (AvgIpc) is 3.08. The molecule has 4 rings (SSSR count). The van der Waals surface area contributed by atoms with Gasteiger partial charge in [0, 0.05) is 31.0 Å². The molecule has 0 aliphatic carbocycles. The van der Waals surface area contributed by atoms with Crippen LogP contribution in [0.25, 0.3) is 11.1 Å². The van der Waals surface area contributed by atoms with Crippen molar-refractivity contribution in [3.05, 3.63) is 83.9 Å². The number of hydrogen-bond donors (Lipinski definition) is 2. The van der Waals surface area contributed by atoms with Crippen LogP contribution in [0, 0.1) is 0 Å². The van der Waals surface area contributed by atoms with E-state index >= 15 is 0 Å². The lowest BCUT2D eigenvalue weighted by molar-refractivity contribution is -0.118. The standard InChI is InChI=1S/C12H9Cl.C6H7N3O.C5H9NOS/c13-12-8-6-11(7-9-12)10-4-2-1-3-5-10;1-7-6(10)5-8-3-2-4-9-5;7-5-4-8-3-1-2-6-5/h1-9H;2-4H,1H3,(H,7,10);1-4H2,(H,6,7). The van der Waals surface area contributed by atoms with E-state index in [2.05, 4.69) is 32.7 Å². The van der Waals surface area contributed by atoms with Crippen LogP contribution in [-0.4, -0.2) is 46.9 Å². The molecule has 1 saturated heterocycles. The molecule has 2 N–H and O–H groups in total. The maximum absolute atomic E-state index is 10.8. The van der Waals surface area contributed by atoms with Crippen molar-refractivity contribution < 1.29 is 9.59 Å². The second-order valence-electron chi connectivity index (χ2n) is 6.28. The smallest absolute Gasteiger partial charge is 0.288 e. The first kappa shape index (κ1) is 24.4. The van der Waals surface area contributed by atoms with E-state index in [1.54, 1.807) is 24.9 Å². The van der Waals surface area contributed by atoms with E-state index in [4.69, 9.17) is 11.6 Å². The summed E-state index contributed by atoms with van der Waals surface area (Å²) in [5.41, 5.74) is 2.42. The first-order valence-electron chi connectivity index (χ1n) is 9.74. The summed E-state index contributed by atoms with van der Waals surface area (Å²) in [7, 11) is 1.54. The van der Waals surface area contributed by atoms with Crippen LogP contribution in [0.4, 0.5) is 0 Å². The number of nitrogens with zero attached hydrogens (tertiary/aromatic N) is 2. The van der Waals surface area contributed by atoms with E-state index in [9.17, 15) is 9.59 Å². The topological polar surface area (TPSA) is 84.0 Å². The number of nitrogens with one attached hydrogen (secondary N) is 2. The Kier molecular flexibility index (Phi) is 11.1. The second-order valence-corrected chi connectivity index (χ2v) is 7.82. The van der Waals surface area contributed by atoms with E-state index in [1.807, 2.05) is 42.5 Å². The Balaban J connectivity index is 0.000000171. The van der Waals surface area contributed by atoms with E-state index in [0.29, 0.717) is 5.75 Å². The van der Waals surface area contributed by atoms with Crippen LogP contribution in [0.2, 0.25) is 5.02 Å². The zero-order valence-corrected chi connectivity index (χ0v) is 18.8. The van der Waals surface area contributed by atoms with Gasteiger partial charge in [0.25, 0.3) is 5.91 Å². The van der Waals surface area contributed by atoms with Gasteiger partial charge in [-0.15, -0.1) is 0 Å². The van der Waals surface area contributed by atoms with Gasteiger partial charge < -0.3 is 10.6 Å². The van der Waals surface area contributed by atoms with E-state index in [1.165, 1.54) is 23.5 Å². The highest BCUT2D eigenvalue weighted by atomic mass is 35.5. The second kappa shape index (κ2) is 14.2. The zero-order valence-electron chi connectivity index (χ0n) is 17.3. The fraction of sp³-hybridized carbons (Fsp3) is 0.217. The average molecular weight is 457 g/mol. The summed E-state index contributed by atoms with van der Waals surface area (Å²) >= 11 is 7.51. The normalized spacial score (nSPS) is 12.6. The highest BCUT2D eigenvalue weighted by Gasteiger charge is 2.04. The quantitative estimate of drug-likeness (QED) is 0.607. The number of benzene rings is 2. The van der Waals surface area contributed by atoms with Crippen molar-refractivity contribution in [1.29, 1.82) is 0 Å². The van der Waals surface area contributed by atoms with Crippen LogP contribution >= 0.6 is 23.4 Å². The Hall–Kier alpha value is -2.90. The molecule has 2 amide bonds. The molecule has 0 saturated carbocycles. The summed E-state index contributed by atoms with van der Waals surface area (Å²) < 4.78 is 0. The molecular weight excluding hydrogens is 432 g/mol. The lowest BCUT2D eigenvalue weighted by atomic mass is 10.1. The summed E-state index contributed by atoms with van der Waals surface area (Å²) in [5, 5.41) is 5.98. The summed E-state index contributed by atoms with van der Waals surface area (Å²) in [4.78, 5) is 28.8. The minimum atomic E-state index is -0.263. The molecule has 6 nitrogen and oxygen atoms in total. The van der Waals surface area contributed by atoms with E-state index < -0.39 is 0 Å². The molecule has 0 atom stereocenters. The molecule has 0 radical (unpaired) electrons. The molecule has 2 aromatic carbocycles. The van der Waals surface area contributed by atoms with Crippen LogP contribution < -0.4 is 10.6 Å². The minimum absolute atomic E-state index is 0.188. The Morgan fingerprint density at radius 3 is 2.29 bits per heavy atom. The summed E-state index contributed by atoms with van der Waals surface area (Å²) in [6, 6.07) is 19.8. The minimum Gasteiger partial charge on any atom is -0.355 e. The van der Waals surface area contributed by atoms with Gasteiger partial charge in [0.2, 0.25) is 11.7 Å². The number of rotatable bonds is 2. The van der Waals surface area contributed by atoms with Crippen molar-refractivity contribution >= 4 is 35.2 Å². The van der Waals surface area contributed by atoms with Gasteiger partial charge in [0.1, 0.15) is 0 Å². The maximum atomic E-state index is 10.8. The Bertz CT molecular complexity index is 915. The third-order valence-electron chi connectivity index (χ3n) is 3.97. The number of amides is 2. The van der Waals surface area contributed by atoms with Crippen LogP contribution in [0.5, 0.6) is 0 Å². The SMILES string of the molecule is CNC(=O)c1ncccn1.Clc1ccc(-c2ccccc2)cc1.O=C1CSCCCN1. The van der Waals surface area contributed by atoms with Crippen LogP contribution in [0.1, 0.15) is 17.0 Å². The third-order valence-corrected chi connectivity index (χ3v) is 5.26. The van der Waals surface area contributed by atoms with Gasteiger partial charge >= 0.3 is 0 Å². The van der Waals surface area contributed by atoms with Crippen LogP contribution in [-0.2, 0) is 4.79 Å². The van der Waals surface area contributed by atoms with E-state index in [-0.39, 0.29) is 17.6 Å². The fourth-order valence-electron chi connectivity index (χ4n) is 2.42. The van der Waals surface area contributed by atoms with Crippen LogP contribution in [0.15, 0.2) is 73.1 Å². The molecule has 2 heterocycles. The molecule has 1 aromatic heterocycles. The lowest BCUT2D eigenvalue weighted by Crippen LogP contribution is -2.23. The molecule has 0 bridgehead atoms. The van der Waals surface area contributed by atoms with Gasteiger partial charge in [-0.25, -0.2) is 9.97 Å². The zero-order chi connectivity index (χ0) is 22.3. The molecule has 1 aliphatic heterocycles. The largest absolute Gasteiger partial charge is 0.355 e. The highest BCUT2D eigenvalue weighted by Crippen LogP contribution is 2.20. The Morgan fingerprint density at radius 1 is 1.00 bits per heavy atom. The molecule has 3 aromatic rings. The third kappa shape index (κ3) is 9.63. The molecule has 1 fully saturated rings. The molecule has 31 heavy (non-hydrogen) atoms. The van der Waals surface area contributed by atoms with Crippen molar-refractivity contribution in [3.63, 3.8) is 0 Å². The number of carbonyl (C=O) groups is 2. The van der Waals surface area contributed by atoms with Gasteiger partial charge in [0.15, 0.2) is 0 Å². The Morgan fingerprint density at radius 2 is 1.65 bits per heavy atom. The monoisotopic (exact) mass is 456 g/mol. The fourth-order valence-corrected chi connectivity index (χ4v) is 3.33. The van der Waals surface area contributed by atoms with Crippen molar-refractivity contribution in [1.82, 2.24) is 20.6 Å². The number of thioether (sulfide) groups is 1. The molecular formula is C23H25ClN4O2S. The molecule has 162 valence electrons. The van der Waals surface area contributed by atoms with Crippen molar-refractivity contribution in [2.75, 3.05) is 25.1 Å². The maximum Gasteiger partial charge on any atom is 0.288 e. The van der Waals surface area contributed by atoms with Crippen molar-refractivity contribution in [3.8, 4) is 11.1 Å². The highest BCUT2D eigenvalue weighted by molar-refractivity contribution is 7.99. The van der Waals surface area contributed by atoms with Gasteiger partial charge in [-0.1, -0.05) is 54.1 Å².